The van der Waals surface area contributed by atoms with Gasteiger partial charge in [0.05, 0.1) is 11.7 Å². The van der Waals surface area contributed by atoms with Gasteiger partial charge in [-0.3, -0.25) is 4.79 Å². The summed E-state index contributed by atoms with van der Waals surface area (Å²) >= 11 is 0. The van der Waals surface area contributed by atoms with Gasteiger partial charge in [0.2, 0.25) is 0 Å². The predicted octanol–water partition coefficient (Wildman–Crippen LogP) is 4.42. The molecular formula is C26H32N2O5. The van der Waals surface area contributed by atoms with Crippen LogP contribution in [0.5, 0.6) is 5.75 Å². The summed E-state index contributed by atoms with van der Waals surface area (Å²) in [7, 11) is 0. The SMILES string of the molecule is C[C@@H](OC(=O)c1cccc(OC[C@H]2CCCO2)c1)C(=O)Nc1ccc(N2CCCCC2)cc1. The van der Waals surface area contributed by atoms with Crippen LogP contribution in [0, 0.1) is 0 Å². The van der Waals surface area contributed by atoms with Crippen LogP contribution in [0.25, 0.3) is 0 Å². The summed E-state index contributed by atoms with van der Waals surface area (Å²) in [5.41, 5.74) is 2.17. The number of carbonyl (C=O) groups is 2. The number of hydrogen-bond donors (Lipinski definition) is 1. The number of benzene rings is 2. The standard InChI is InChI=1S/C26H32N2O5/c1-19(25(29)27-21-10-12-22(13-11-21)28-14-3-2-4-15-28)33-26(30)20-7-5-8-23(17-20)32-18-24-9-6-16-31-24/h5,7-8,10-13,17,19,24H,2-4,6,9,14-16,18H2,1H3,(H,27,29)/t19-,24-/m1/s1. The lowest BCUT2D eigenvalue weighted by Crippen LogP contribution is -2.30. The lowest BCUT2D eigenvalue weighted by molar-refractivity contribution is -0.123. The highest BCUT2D eigenvalue weighted by Gasteiger charge is 2.20. The summed E-state index contributed by atoms with van der Waals surface area (Å²) in [5, 5.41) is 2.82. The number of amides is 1. The van der Waals surface area contributed by atoms with Gasteiger partial charge in [-0.1, -0.05) is 6.07 Å². The van der Waals surface area contributed by atoms with E-state index in [0.717, 1.165) is 38.2 Å². The van der Waals surface area contributed by atoms with E-state index in [2.05, 4.69) is 10.2 Å². The first-order chi connectivity index (χ1) is 16.1. The van der Waals surface area contributed by atoms with Gasteiger partial charge in [-0.05, 0) is 81.5 Å². The fourth-order valence-electron chi connectivity index (χ4n) is 4.11. The Balaban J connectivity index is 1.27. The first kappa shape index (κ1) is 23.1. The molecule has 2 atom stereocenters. The molecule has 33 heavy (non-hydrogen) atoms. The van der Waals surface area contributed by atoms with Gasteiger partial charge in [-0.15, -0.1) is 0 Å². The van der Waals surface area contributed by atoms with E-state index in [1.807, 2.05) is 24.3 Å². The number of nitrogens with zero attached hydrogens (tertiary/aromatic N) is 1. The van der Waals surface area contributed by atoms with Crippen molar-refractivity contribution < 1.29 is 23.8 Å². The van der Waals surface area contributed by atoms with Gasteiger partial charge in [0.1, 0.15) is 12.4 Å². The maximum atomic E-state index is 12.6. The zero-order valence-electron chi connectivity index (χ0n) is 19.1. The number of anilines is 2. The molecule has 7 nitrogen and oxygen atoms in total. The molecule has 0 unspecified atom stereocenters. The molecule has 2 aromatic carbocycles. The van der Waals surface area contributed by atoms with Gasteiger partial charge < -0.3 is 24.4 Å². The molecule has 0 aliphatic carbocycles. The normalized spacial score (nSPS) is 19.1. The van der Waals surface area contributed by atoms with E-state index in [4.69, 9.17) is 14.2 Å². The highest BCUT2D eigenvalue weighted by Crippen LogP contribution is 2.22. The lowest BCUT2D eigenvalue weighted by atomic mass is 10.1. The molecule has 2 heterocycles. The molecule has 2 fully saturated rings. The minimum absolute atomic E-state index is 0.0956. The molecule has 0 saturated carbocycles. The number of nitrogens with one attached hydrogen (secondary N) is 1. The number of ether oxygens (including phenoxy) is 3. The summed E-state index contributed by atoms with van der Waals surface area (Å²) in [6, 6.07) is 14.6. The molecule has 7 heteroatoms. The molecule has 0 bridgehead atoms. The van der Waals surface area contributed by atoms with Crippen LogP contribution in [-0.4, -0.2) is 50.4 Å². The molecule has 2 aromatic rings. The number of esters is 1. The Morgan fingerprint density at radius 2 is 1.88 bits per heavy atom. The van der Waals surface area contributed by atoms with E-state index in [0.29, 0.717) is 23.6 Å². The van der Waals surface area contributed by atoms with Crippen molar-refractivity contribution in [3.63, 3.8) is 0 Å². The lowest BCUT2D eigenvalue weighted by Gasteiger charge is -2.28. The molecule has 2 aliphatic heterocycles. The van der Waals surface area contributed by atoms with Crippen LogP contribution in [0.15, 0.2) is 48.5 Å². The van der Waals surface area contributed by atoms with Crippen LogP contribution in [0.2, 0.25) is 0 Å². The van der Waals surface area contributed by atoms with E-state index in [-0.39, 0.29) is 12.0 Å². The molecule has 2 saturated heterocycles. The fraction of sp³-hybridized carbons (Fsp3) is 0.462. The Kier molecular flexibility index (Phi) is 7.83. The zero-order chi connectivity index (χ0) is 23.0. The van der Waals surface area contributed by atoms with Crippen LogP contribution in [0.4, 0.5) is 11.4 Å². The molecule has 0 radical (unpaired) electrons. The van der Waals surface area contributed by atoms with Crippen molar-refractivity contribution in [1.29, 1.82) is 0 Å². The van der Waals surface area contributed by atoms with E-state index < -0.39 is 12.1 Å². The molecule has 4 rings (SSSR count). The number of piperidine rings is 1. The number of hydrogen-bond acceptors (Lipinski definition) is 6. The molecule has 1 N–H and O–H groups in total. The third kappa shape index (κ3) is 6.48. The van der Waals surface area contributed by atoms with Crippen molar-refractivity contribution in [2.24, 2.45) is 0 Å². The second-order valence-corrected chi connectivity index (χ2v) is 8.61. The third-order valence-corrected chi connectivity index (χ3v) is 6.04. The van der Waals surface area contributed by atoms with Crippen molar-refractivity contribution in [2.45, 2.75) is 51.2 Å². The first-order valence-corrected chi connectivity index (χ1v) is 11.8. The summed E-state index contributed by atoms with van der Waals surface area (Å²) in [4.78, 5) is 27.5. The average molecular weight is 453 g/mol. The minimum Gasteiger partial charge on any atom is -0.491 e. The second-order valence-electron chi connectivity index (χ2n) is 8.61. The fourth-order valence-corrected chi connectivity index (χ4v) is 4.11. The predicted molar refractivity (Wildman–Crippen MR) is 127 cm³/mol. The Hall–Kier alpha value is -3.06. The number of carbonyl (C=O) groups excluding carboxylic acids is 2. The van der Waals surface area contributed by atoms with E-state index >= 15 is 0 Å². The highest BCUT2D eigenvalue weighted by atomic mass is 16.5. The van der Waals surface area contributed by atoms with Gasteiger partial charge in [0.15, 0.2) is 6.10 Å². The Morgan fingerprint density at radius 1 is 1.09 bits per heavy atom. The summed E-state index contributed by atoms with van der Waals surface area (Å²) in [6.45, 7) is 4.92. The summed E-state index contributed by atoms with van der Waals surface area (Å²) in [6.07, 6.45) is 4.90. The van der Waals surface area contributed by atoms with Gasteiger partial charge in [-0.25, -0.2) is 4.79 Å². The molecule has 1 amide bonds. The molecule has 2 aliphatic rings. The smallest absolute Gasteiger partial charge is 0.339 e. The van der Waals surface area contributed by atoms with Gasteiger partial charge >= 0.3 is 5.97 Å². The number of rotatable bonds is 8. The Labute approximate surface area is 195 Å². The van der Waals surface area contributed by atoms with Crippen LogP contribution in [0.1, 0.15) is 49.4 Å². The second kappa shape index (κ2) is 11.2. The van der Waals surface area contributed by atoms with Crippen LogP contribution in [-0.2, 0) is 14.3 Å². The summed E-state index contributed by atoms with van der Waals surface area (Å²) < 4.78 is 16.7. The van der Waals surface area contributed by atoms with Crippen molar-refractivity contribution in [3.8, 4) is 5.75 Å². The third-order valence-electron chi connectivity index (χ3n) is 6.04. The monoisotopic (exact) mass is 452 g/mol. The van der Waals surface area contributed by atoms with Gasteiger partial charge in [0, 0.05) is 31.1 Å². The molecule has 0 spiro atoms. The molecule has 0 aromatic heterocycles. The molecule has 176 valence electrons. The molecular weight excluding hydrogens is 420 g/mol. The van der Waals surface area contributed by atoms with E-state index in [1.165, 1.54) is 19.3 Å². The highest BCUT2D eigenvalue weighted by molar-refractivity contribution is 5.97. The van der Waals surface area contributed by atoms with E-state index in [1.54, 1.807) is 31.2 Å². The first-order valence-electron chi connectivity index (χ1n) is 11.8. The summed E-state index contributed by atoms with van der Waals surface area (Å²) in [5.74, 6) is -0.369. The maximum Gasteiger partial charge on any atom is 0.339 e. The van der Waals surface area contributed by atoms with Crippen molar-refractivity contribution in [2.75, 3.05) is 36.5 Å². The van der Waals surface area contributed by atoms with Crippen LogP contribution in [0.3, 0.4) is 0 Å². The zero-order valence-corrected chi connectivity index (χ0v) is 19.1. The van der Waals surface area contributed by atoms with E-state index in [9.17, 15) is 9.59 Å². The van der Waals surface area contributed by atoms with Crippen molar-refractivity contribution in [1.82, 2.24) is 0 Å². The van der Waals surface area contributed by atoms with Crippen molar-refractivity contribution in [3.05, 3.63) is 54.1 Å². The van der Waals surface area contributed by atoms with Crippen LogP contribution >= 0.6 is 0 Å². The average Bonchev–Trinajstić information content (AvgIpc) is 3.38. The topological polar surface area (TPSA) is 77.1 Å². The van der Waals surface area contributed by atoms with Crippen LogP contribution < -0.4 is 15.0 Å². The Bertz CT molecular complexity index is 934. The largest absolute Gasteiger partial charge is 0.491 e. The van der Waals surface area contributed by atoms with Crippen molar-refractivity contribution >= 4 is 23.3 Å². The quantitative estimate of drug-likeness (QED) is 0.598. The maximum absolute atomic E-state index is 12.6. The van der Waals surface area contributed by atoms with Gasteiger partial charge in [0.25, 0.3) is 5.91 Å². The minimum atomic E-state index is -0.935. The van der Waals surface area contributed by atoms with Gasteiger partial charge in [-0.2, -0.15) is 0 Å². The Morgan fingerprint density at radius 3 is 2.61 bits per heavy atom.